The quantitative estimate of drug-likeness (QED) is 0.740. The number of rotatable bonds is 6. The summed E-state index contributed by atoms with van der Waals surface area (Å²) in [4.78, 5) is 37.8. The fourth-order valence-electron chi connectivity index (χ4n) is 2.94. The molecule has 2 aromatic carbocycles. The molecular formula is C20H20BrN3O3. The standard InChI is InChI=1S/C20H20BrN3O3/c21-16-6-2-5-15(11-16)20(27)22-12-18(25)23-17-7-1-4-14(10-17)13-24-9-3-8-19(24)26/h1-2,4-7,10-11H,3,8-9,12-13H2,(H,22,27)(H,23,25). The molecule has 0 aromatic heterocycles. The molecule has 6 nitrogen and oxygen atoms in total. The van der Waals surface area contributed by atoms with Crippen molar-refractivity contribution in [3.05, 3.63) is 64.1 Å². The number of hydrogen-bond acceptors (Lipinski definition) is 3. The maximum Gasteiger partial charge on any atom is 0.251 e. The first-order chi connectivity index (χ1) is 13.0. The number of nitrogens with one attached hydrogen (secondary N) is 2. The van der Waals surface area contributed by atoms with Crippen molar-refractivity contribution in [1.29, 1.82) is 0 Å². The van der Waals surface area contributed by atoms with Crippen LogP contribution >= 0.6 is 15.9 Å². The summed E-state index contributed by atoms with van der Waals surface area (Å²) in [6.45, 7) is 1.19. The van der Waals surface area contributed by atoms with Gasteiger partial charge in [0.1, 0.15) is 0 Å². The lowest BCUT2D eigenvalue weighted by Gasteiger charge is -2.16. The summed E-state index contributed by atoms with van der Waals surface area (Å²) < 4.78 is 0.799. The Morgan fingerprint density at radius 3 is 2.67 bits per heavy atom. The fourth-order valence-corrected chi connectivity index (χ4v) is 3.34. The first kappa shape index (κ1) is 19.1. The topological polar surface area (TPSA) is 78.5 Å². The van der Waals surface area contributed by atoms with E-state index in [1.54, 1.807) is 24.3 Å². The molecule has 27 heavy (non-hydrogen) atoms. The number of anilines is 1. The monoisotopic (exact) mass is 429 g/mol. The van der Waals surface area contributed by atoms with Crippen LogP contribution < -0.4 is 10.6 Å². The largest absolute Gasteiger partial charge is 0.343 e. The Labute approximate surface area is 166 Å². The van der Waals surface area contributed by atoms with Crippen molar-refractivity contribution < 1.29 is 14.4 Å². The van der Waals surface area contributed by atoms with Crippen molar-refractivity contribution in [3.63, 3.8) is 0 Å². The Hall–Kier alpha value is -2.67. The van der Waals surface area contributed by atoms with Gasteiger partial charge in [0.2, 0.25) is 11.8 Å². The van der Waals surface area contributed by atoms with E-state index in [0.717, 1.165) is 23.0 Å². The normalized spacial score (nSPS) is 13.5. The molecule has 0 atom stereocenters. The van der Waals surface area contributed by atoms with E-state index < -0.39 is 0 Å². The van der Waals surface area contributed by atoms with Gasteiger partial charge in [0, 0.05) is 35.2 Å². The summed E-state index contributed by atoms with van der Waals surface area (Å²) in [6.07, 6.45) is 1.50. The van der Waals surface area contributed by atoms with Crippen molar-refractivity contribution in [2.75, 3.05) is 18.4 Å². The van der Waals surface area contributed by atoms with E-state index >= 15 is 0 Å². The zero-order valence-corrected chi connectivity index (χ0v) is 16.3. The molecule has 1 aliphatic heterocycles. The molecule has 0 radical (unpaired) electrons. The highest BCUT2D eigenvalue weighted by Gasteiger charge is 2.20. The van der Waals surface area contributed by atoms with E-state index in [4.69, 9.17) is 0 Å². The summed E-state index contributed by atoms with van der Waals surface area (Å²) in [5.41, 5.74) is 2.08. The zero-order chi connectivity index (χ0) is 19.2. The van der Waals surface area contributed by atoms with Crippen LogP contribution in [0.3, 0.4) is 0 Å². The molecule has 7 heteroatoms. The lowest BCUT2D eigenvalue weighted by molar-refractivity contribution is -0.128. The average molecular weight is 430 g/mol. The molecular weight excluding hydrogens is 410 g/mol. The third-order valence-electron chi connectivity index (χ3n) is 4.25. The predicted octanol–water partition coefficient (Wildman–Crippen LogP) is 2.94. The van der Waals surface area contributed by atoms with Crippen LogP contribution in [0.15, 0.2) is 53.0 Å². The van der Waals surface area contributed by atoms with Crippen molar-refractivity contribution in [2.24, 2.45) is 0 Å². The van der Waals surface area contributed by atoms with Crippen LogP contribution in [-0.2, 0) is 16.1 Å². The SMILES string of the molecule is O=C(CNC(=O)c1cccc(Br)c1)Nc1cccc(CN2CCCC2=O)c1. The number of halogens is 1. The smallest absolute Gasteiger partial charge is 0.251 e. The molecule has 0 bridgehead atoms. The minimum atomic E-state index is -0.312. The Balaban J connectivity index is 1.52. The fraction of sp³-hybridized carbons (Fsp3) is 0.250. The molecule has 0 aliphatic carbocycles. The van der Waals surface area contributed by atoms with Crippen LogP contribution in [0.4, 0.5) is 5.69 Å². The van der Waals surface area contributed by atoms with E-state index in [1.807, 2.05) is 29.2 Å². The second-order valence-corrected chi connectivity index (χ2v) is 7.28. The summed E-state index contributed by atoms with van der Waals surface area (Å²) in [5.74, 6) is -0.458. The Morgan fingerprint density at radius 2 is 1.93 bits per heavy atom. The second kappa shape index (κ2) is 8.81. The molecule has 1 fully saturated rings. The molecule has 1 saturated heterocycles. The summed E-state index contributed by atoms with van der Waals surface area (Å²) in [6, 6.07) is 14.4. The van der Waals surface area contributed by atoms with Crippen LogP contribution in [0.5, 0.6) is 0 Å². The Morgan fingerprint density at radius 1 is 1.11 bits per heavy atom. The number of benzene rings is 2. The molecule has 3 rings (SSSR count). The number of carbonyl (C=O) groups is 3. The average Bonchev–Trinajstić information content (AvgIpc) is 3.04. The Kier molecular flexibility index (Phi) is 6.24. The van der Waals surface area contributed by atoms with E-state index in [9.17, 15) is 14.4 Å². The van der Waals surface area contributed by atoms with Gasteiger partial charge in [-0.1, -0.05) is 34.1 Å². The molecule has 1 aliphatic rings. The predicted molar refractivity (Wildman–Crippen MR) is 106 cm³/mol. The van der Waals surface area contributed by atoms with Crippen LogP contribution in [0.1, 0.15) is 28.8 Å². The van der Waals surface area contributed by atoms with Gasteiger partial charge in [0.25, 0.3) is 5.91 Å². The summed E-state index contributed by atoms with van der Waals surface area (Å²) in [5, 5.41) is 5.37. The maximum absolute atomic E-state index is 12.1. The number of carbonyl (C=O) groups excluding carboxylic acids is 3. The number of nitrogens with zero attached hydrogens (tertiary/aromatic N) is 1. The van der Waals surface area contributed by atoms with Gasteiger partial charge in [0.15, 0.2) is 0 Å². The van der Waals surface area contributed by atoms with Gasteiger partial charge in [-0.3, -0.25) is 14.4 Å². The van der Waals surface area contributed by atoms with Crippen molar-refractivity contribution in [1.82, 2.24) is 10.2 Å². The molecule has 2 aromatic rings. The number of likely N-dealkylation sites (tertiary alicyclic amines) is 1. The molecule has 2 N–H and O–H groups in total. The molecule has 1 heterocycles. The van der Waals surface area contributed by atoms with Gasteiger partial charge in [-0.05, 0) is 42.3 Å². The molecule has 0 unspecified atom stereocenters. The van der Waals surface area contributed by atoms with Gasteiger partial charge < -0.3 is 15.5 Å². The van der Waals surface area contributed by atoms with E-state index in [1.165, 1.54) is 0 Å². The van der Waals surface area contributed by atoms with Gasteiger partial charge in [-0.25, -0.2) is 0 Å². The third-order valence-corrected chi connectivity index (χ3v) is 4.75. The third kappa shape index (κ3) is 5.40. The van der Waals surface area contributed by atoms with Gasteiger partial charge in [-0.15, -0.1) is 0 Å². The van der Waals surface area contributed by atoms with Gasteiger partial charge in [-0.2, -0.15) is 0 Å². The van der Waals surface area contributed by atoms with Crippen molar-refractivity contribution >= 4 is 39.3 Å². The summed E-state index contributed by atoms with van der Waals surface area (Å²) in [7, 11) is 0. The lowest BCUT2D eigenvalue weighted by Crippen LogP contribution is -2.32. The Bertz CT molecular complexity index is 869. The first-order valence-electron chi connectivity index (χ1n) is 8.71. The van der Waals surface area contributed by atoms with Crippen molar-refractivity contribution in [3.8, 4) is 0 Å². The van der Waals surface area contributed by atoms with E-state index in [0.29, 0.717) is 24.2 Å². The van der Waals surface area contributed by atoms with Crippen LogP contribution in [0.2, 0.25) is 0 Å². The molecule has 0 spiro atoms. The highest BCUT2D eigenvalue weighted by Crippen LogP contribution is 2.17. The van der Waals surface area contributed by atoms with Gasteiger partial charge in [0.05, 0.1) is 6.54 Å². The van der Waals surface area contributed by atoms with E-state index in [2.05, 4.69) is 26.6 Å². The summed E-state index contributed by atoms with van der Waals surface area (Å²) >= 11 is 3.31. The van der Waals surface area contributed by atoms with Gasteiger partial charge >= 0.3 is 0 Å². The number of hydrogen-bond donors (Lipinski definition) is 2. The number of amides is 3. The minimum absolute atomic E-state index is 0.125. The zero-order valence-electron chi connectivity index (χ0n) is 14.7. The highest BCUT2D eigenvalue weighted by atomic mass is 79.9. The molecule has 0 saturated carbocycles. The van der Waals surface area contributed by atoms with Crippen LogP contribution in [-0.4, -0.2) is 35.7 Å². The van der Waals surface area contributed by atoms with E-state index in [-0.39, 0.29) is 24.3 Å². The second-order valence-electron chi connectivity index (χ2n) is 6.36. The molecule has 3 amide bonds. The first-order valence-corrected chi connectivity index (χ1v) is 9.51. The molecule has 140 valence electrons. The van der Waals surface area contributed by atoms with Crippen LogP contribution in [0, 0.1) is 0 Å². The van der Waals surface area contributed by atoms with Crippen LogP contribution in [0.25, 0.3) is 0 Å². The maximum atomic E-state index is 12.1. The highest BCUT2D eigenvalue weighted by molar-refractivity contribution is 9.10. The van der Waals surface area contributed by atoms with Crippen molar-refractivity contribution in [2.45, 2.75) is 19.4 Å². The minimum Gasteiger partial charge on any atom is -0.343 e. The lowest BCUT2D eigenvalue weighted by atomic mass is 10.2.